The third-order valence-corrected chi connectivity index (χ3v) is 2.94. The van der Waals surface area contributed by atoms with Gasteiger partial charge in [0.25, 0.3) is 0 Å². The molecule has 0 radical (unpaired) electrons. The Morgan fingerprint density at radius 1 is 0.611 bits per heavy atom. The Balaban J connectivity index is 1.85. The topological polar surface area (TPSA) is 9.23 Å². The molecule has 1 nitrogen and oxygen atoms in total. The van der Waals surface area contributed by atoms with Crippen LogP contribution in [0.25, 0.3) is 11.5 Å². The van der Waals surface area contributed by atoms with Crippen molar-refractivity contribution in [3.63, 3.8) is 0 Å². The third-order valence-electron chi connectivity index (χ3n) is 2.94. The van der Waals surface area contributed by atoms with E-state index in [4.69, 9.17) is 4.74 Å². The van der Waals surface area contributed by atoms with E-state index in [1.54, 1.807) is 0 Å². The van der Waals surface area contributed by atoms with Crippen molar-refractivity contribution in [3.05, 3.63) is 83.9 Å². The SMILES string of the molecule is C1=C(c2ccccc2)OC(c2ccccc2)=CC1. The molecule has 0 spiro atoms. The van der Waals surface area contributed by atoms with Crippen molar-refractivity contribution in [3.8, 4) is 0 Å². The Morgan fingerprint density at radius 3 is 1.50 bits per heavy atom. The largest absolute Gasteiger partial charge is 0.457 e. The average Bonchev–Trinajstić information content (AvgIpc) is 2.49. The van der Waals surface area contributed by atoms with E-state index in [1.165, 1.54) is 0 Å². The van der Waals surface area contributed by atoms with Crippen LogP contribution in [0.1, 0.15) is 17.5 Å². The van der Waals surface area contributed by atoms with Crippen LogP contribution in [0, 0.1) is 0 Å². The van der Waals surface area contributed by atoms with Gasteiger partial charge in [0.05, 0.1) is 0 Å². The zero-order valence-corrected chi connectivity index (χ0v) is 10.0. The Morgan fingerprint density at radius 2 is 1.06 bits per heavy atom. The minimum atomic E-state index is 0.911. The summed E-state index contributed by atoms with van der Waals surface area (Å²) in [6.45, 7) is 0. The van der Waals surface area contributed by atoms with Crippen molar-refractivity contribution in [1.82, 2.24) is 0 Å². The lowest BCUT2D eigenvalue weighted by molar-refractivity contribution is 0.462. The molecule has 0 saturated heterocycles. The summed E-state index contributed by atoms with van der Waals surface area (Å²) in [4.78, 5) is 0. The summed E-state index contributed by atoms with van der Waals surface area (Å²) >= 11 is 0. The molecule has 3 rings (SSSR count). The van der Waals surface area contributed by atoms with Gasteiger partial charge in [-0.15, -0.1) is 0 Å². The first-order chi connectivity index (χ1) is 8.93. The molecule has 0 aliphatic carbocycles. The van der Waals surface area contributed by atoms with Gasteiger partial charge in [-0.1, -0.05) is 60.7 Å². The van der Waals surface area contributed by atoms with E-state index in [-0.39, 0.29) is 0 Å². The van der Waals surface area contributed by atoms with E-state index in [0.717, 1.165) is 29.1 Å². The van der Waals surface area contributed by atoms with Crippen molar-refractivity contribution in [2.45, 2.75) is 6.42 Å². The average molecular weight is 234 g/mol. The highest BCUT2D eigenvalue weighted by molar-refractivity contribution is 5.72. The van der Waals surface area contributed by atoms with E-state index < -0.39 is 0 Å². The fraction of sp³-hybridized carbons (Fsp3) is 0.0588. The Labute approximate surface area is 107 Å². The molecule has 18 heavy (non-hydrogen) atoms. The molecule has 0 aromatic heterocycles. The third kappa shape index (κ3) is 2.21. The maximum absolute atomic E-state index is 5.98. The molecule has 0 atom stereocenters. The van der Waals surface area contributed by atoms with Crippen LogP contribution >= 0.6 is 0 Å². The predicted octanol–water partition coefficient (Wildman–Crippen LogP) is 4.49. The summed E-state index contributed by atoms with van der Waals surface area (Å²) in [5, 5.41) is 0. The smallest absolute Gasteiger partial charge is 0.130 e. The molecule has 0 amide bonds. The van der Waals surface area contributed by atoms with Gasteiger partial charge in [0.15, 0.2) is 0 Å². The molecule has 1 aliphatic heterocycles. The maximum Gasteiger partial charge on any atom is 0.130 e. The quantitative estimate of drug-likeness (QED) is 0.744. The lowest BCUT2D eigenvalue weighted by atomic mass is 10.1. The molecule has 1 heterocycles. The standard InChI is InChI=1S/C17H14O/c1-3-8-14(9-4-1)16-12-7-13-17(18-16)15-10-5-2-6-11-15/h1-6,8-13H,7H2. The number of hydrogen-bond acceptors (Lipinski definition) is 1. The van der Waals surface area contributed by atoms with E-state index in [1.807, 2.05) is 36.4 Å². The monoisotopic (exact) mass is 234 g/mol. The summed E-state index contributed by atoms with van der Waals surface area (Å²) in [5.74, 6) is 1.88. The van der Waals surface area contributed by atoms with Gasteiger partial charge in [0.1, 0.15) is 11.5 Å². The molecule has 0 N–H and O–H groups in total. The van der Waals surface area contributed by atoms with Gasteiger partial charge < -0.3 is 4.74 Å². The van der Waals surface area contributed by atoms with Crippen LogP contribution < -0.4 is 0 Å². The van der Waals surface area contributed by atoms with Crippen molar-refractivity contribution in [2.75, 3.05) is 0 Å². The number of rotatable bonds is 2. The van der Waals surface area contributed by atoms with Gasteiger partial charge in [0.2, 0.25) is 0 Å². The Bertz CT molecular complexity index is 526. The number of ether oxygens (including phenoxy) is 1. The molecule has 0 fully saturated rings. The zero-order valence-electron chi connectivity index (χ0n) is 10.0. The highest BCUT2D eigenvalue weighted by Gasteiger charge is 2.11. The molecule has 0 unspecified atom stereocenters. The van der Waals surface area contributed by atoms with Gasteiger partial charge in [-0.2, -0.15) is 0 Å². The molecule has 0 saturated carbocycles. The second-order valence-electron chi connectivity index (χ2n) is 4.21. The van der Waals surface area contributed by atoms with E-state index in [2.05, 4.69) is 36.4 Å². The highest BCUT2D eigenvalue weighted by atomic mass is 16.5. The molecule has 1 aliphatic rings. The van der Waals surface area contributed by atoms with E-state index in [0.29, 0.717) is 0 Å². The van der Waals surface area contributed by atoms with Crippen LogP contribution in [-0.2, 0) is 4.74 Å². The van der Waals surface area contributed by atoms with Crippen molar-refractivity contribution in [2.24, 2.45) is 0 Å². The molecule has 2 aromatic rings. The minimum absolute atomic E-state index is 0.911. The second kappa shape index (κ2) is 4.92. The fourth-order valence-electron chi connectivity index (χ4n) is 2.03. The fourth-order valence-corrected chi connectivity index (χ4v) is 2.03. The highest BCUT2D eigenvalue weighted by Crippen LogP contribution is 2.29. The van der Waals surface area contributed by atoms with Crippen LogP contribution in [0.3, 0.4) is 0 Å². The summed E-state index contributed by atoms with van der Waals surface area (Å²) in [5.41, 5.74) is 2.25. The number of allylic oxidation sites excluding steroid dienone is 2. The van der Waals surface area contributed by atoms with Crippen LogP contribution in [0.4, 0.5) is 0 Å². The van der Waals surface area contributed by atoms with E-state index >= 15 is 0 Å². The minimum Gasteiger partial charge on any atom is -0.457 e. The molecule has 1 heteroatoms. The predicted molar refractivity (Wildman–Crippen MR) is 74.5 cm³/mol. The molecular weight excluding hydrogens is 220 g/mol. The van der Waals surface area contributed by atoms with Gasteiger partial charge in [-0.05, 0) is 18.6 Å². The van der Waals surface area contributed by atoms with Gasteiger partial charge in [0, 0.05) is 11.1 Å². The van der Waals surface area contributed by atoms with Crippen LogP contribution in [0.2, 0.25) is 0 Å². The van der Waals surface area contributed by atoms with Crippen LogP contribution in [0.15, 0.2) is 72.8 Å². The first kappa shape index (κ1) is 10.8. The van der Waals surface area contributed by atoms with Gasteiger partial charge >= 0.3 is 0 Å². The second-order valence-corrected chi connectivity index (χ2v) is 4.21. The van der Waals surface area contributed by atoms with Crippen molar-refractivity contribution in [1.29, 1.82) is 0 Å². The normalized spacial score (nSPS) is 14.4. The van der Waals surface area contributed by atoms with Crippen molar-refractivity contribution < 1.29 is 4.74 Å². The van der Waals surface area contributed by atoms with E-state index in [9.17, 15) is 0 Å². The van der Waals surface area contributed by atoms with Gasteiger partial charge in [-0.25, -0.2) is 0 Å². The number of benzene rings is 2. The molecular formula is C17H14O. The summed E-state index contributed by atoms with van der Waals surface area (Å²) in [6.07, 6.45) is 5.14. The maximum atomic E-state index is 5.98. The molecule has 2 aromatic carbocycles. The van der Waals surface area contributed by atoms with Gasteiger partial charge in [-0.3, -0.25) is 0 Å². The summed E-state index contributed by atoms with van der Waals surface area (Å²) < 4.78 is 5.98. The Kier molecular flexibility index (Phi) is 2.97. The van der Waals surface area contributed by atoms with Crippen molar-refractivity contribution >= 4 is 11.5 Å². The summed E-state index contributed by atoms with van der Waals surface area (Å²) in [6, 6.07) is 20.4. The number of hydrogen-bond donors (Lipinski definition) is 0. The molecule has 88 valence electrons. The van der Waals surface area contributed by atoms with Crippen LogP contribution in [0.5, 0.6) is 0 Å². The first-order valence-electron chi connectivity index (χ1n) is 6.12. The summed E-state index contributed by atoms with van der Waals surface area (Å²) in [7, 11) is 0. The first-order valence-corrected chi connectivity index (χ1v) is 6.12. The van der Waals surface area contributed by atoms with Crippen LogP contribution in [-0.4, -0.2) is 0 Å². The molecule has 0 bridgehead atoms. The lowest BCUT2D eigenvalue weighted by Gasteiger charge is -2.17. The zero-order chi connectivity index (χ0) is 12.2. The lowest BCUT2D eigenvalue weighted by Crippen LogP contribution is -1.97. The Hall–Kier alpha value is -2.28.